The Hall–Kier alpha value is -9.76. The van der Waals surface area contributed by atoms with Gasteiger partial charge in [-0.3, -0.25) is 0 Å². The number of hydrogen-bond donors (Lipinski definition) is 0. The number of rotatable bonds is 5. The summed E-state index contributed by atoms with van der Waals surface area (Å²) in [4.78, 5) is 2.57. The topological polar surface area (TPSA) is 8.17 Å². The van der Waals surface area contributed by atoms with Crippen LogP contribution >= 0.6 is 0 Å². The minimum Gasteiger partial charge on any atom is -0.310 e. The van der Waals surface area contributed by atoms with Crippen LogP contribution in [-0.4, -0.2) is 4.57 Å². The van der Waals surface area contributed by atoms with Gasteiger partial charge in [-0.05, 0) is 137 Å². The van der Waals surface area contributed by atoms with Gasteiger partial charge in [0.1, 0.15) is 0 Å². The van der Waals surface area contributed by atoms with E-state index >= 15 is 0 Å². The van der Waals surface area contributed by atoms with Crippen molar-refractivity contribution in [3.05, 3.63) is 324 Å². The third kappa shape index (κ3) is 5.20. The predicted molar refractivity (Wildman–Crippen MR) is 313 cm³/mol. The van der Waals surface area contributed by atoms with E-state index in [0.29, 0.717) is 0 Å². The summed E-state index contributed by atoms with van der Waals surface area (Å²) in [5.41, 5.74) is 28.9. The summed E-state index contributed by atoms with van der Waals surface area (Å²) < 4.78 is 2.54. The Morgan fingerprint density at radius 3 is 1.29 bits per heavy atom. The van der Waals surface area contributed by atoms with Crippen LogP contribution in [0.5, 0.6) is 0 Å². The lowest BCUT2D eigenvalue weighted by Gasteiger charge is -2.40. The first-order valence-electron chi connectivity index (χ1n) is 26.6. The zero-order valence-electron chi connectivity index (χ0n) is 41.5. The molecular weight excluding hydrogens is 917 g/mol. The Morgan fingerprint density at radius 2 is 0.684 bits per heavy atom. The van der Waals surface area contributed by atoms with Crippen LogP contribution < -0.4 is 4.90 Å². The molecule has 1 atom stereocenters. The maximum absolute atomic E-state index is 2.57. The van der Waals surface area contributed by atoms with Gasteiger partial charge < -0.3 is 9.47 Å². The molecule has 1 aliphatic heterocycles. The molecule has 0 N–H and O–H groups in total. The van der Waals surface area contributed by atoms with E-state index in [1.165, 1.54) is 122 Å². The van der Waals surface area contributed by atoms with E-state index in [-0.39, 0.29) is 0 Å². The molecule has 76 heavy (non-hydrogen) atoms. The molecule has 17 rings (SSSR count). The van der Waals surface area contributed by atoms with E-state index in [1.54, 1.807) is 0 Å². The predicted octanol–water partition coefficient (Wildman–Crippen LogP) is 18.6. The average Bonchev–Trinajstić information content (AvgIpc) is 4.38. The molecule has 2 spiro atoms. The average molecular weight is 963 g/mol. The van der Waals surface area contributed by atoms with Crippen LogP contribution in [0.2, 0.25) is 0 Å². The van der Waals surface area contributed by atoms with E-state index < -0.39 is 10.8 Å². The number of hydrogen-bond acceptors (Lipinski definition) is 1. The van der Waals surface area contributed by atoms with Gasteiger partial charge in [0, 0.05) is 27.7 Å². The van der Waals surface area contributed by atoms with Crippen LogP contribution in [0.1, 0.15) is 44.5 Å². The summed E-state index contributed by atoms with van der Waals surface area (Å²) in [7, 11) is 0. The summed E-state index contributed by atoms with van der Waals surface area (Å²) in [6.07, 6.45) is 0. The van der Waals surface area contributed by atoms with Crippen molar-refractivity contribution in [3.8, 4) is 61.3 Å². The van der Waals surface area contributed by atoms with Crippen molar-refractivity contribution in [1.82, 2.24) is 4.57 Å². The van der Waals surface area contributed by atoms with E-state index in [2.05, 4.69) is 289 Å². The van der Waals surface area contributed by atoms with Crippen molar-refractivity contribution in [3.63, 3.8) is 0 Å². The van der Waals surface area contributed by atoms with E-state index in [4.69, 9.17) is 0 Å². The van der Waals surface area contributed by atoms with Crippen LogP contribution in [0.4, 0.5) is 17.1 Å². The molecule has 0 bridgehead atoms. The second kappa shape index (κ2) is 15.4. The highest BCUT2D eigenvalue weighted by atomic mass is 15.1. The van der Waals surface area contributed by atoms with Crippen molar-refractivity contribution < 1.29 is 0 Å². The zero-order chi connectivity index (χ0) is 49.7. The maximum Gasteiger partial charge on any atom is 0.0755 e. The van der Waals surface area contributed by atoms with Crippen molar-refractivity contribution in [2.45, 2.75) is 10.8 Å². The lowest BCUT2D eigenvalue weighted by atomic mass is 9.65. The fraction of sp³-hybridized carbons (Fsp3) is 0.0270. The summed E-state index contributed by atoms with van der Waals surface area (Å²) in [6, 6.07) is 105. The first kappa shape index (κ1) is 41.7. The van der Waals surface area contributed by atoms with Gasteiger partial charge in [0.25, 0.3) is 0 Å². The highest BCUT2D eigenvalue weighted by molar-refractivity contribution is 6.13. The Kier molecular flexibility index (Phi) is 8.44. The van der Waals surface area contributed by atoms with Crippen molar-refractivity contribution in [1.29, 1.82) is 0 Å². The molecule has 352 valence electrons. The zero-order valence-corrected chi connectivity index (χ0v) is 41.5. The lowest BCUT2D eigenvalue weighted by molar-refractivity contribution is 0.748. The van der Waals surface area contributed by atoms with Gasteiger partial charge in [-0.2, -0.15) is 0 Å². The summed E-state index contributed by atoms with van der Waals surface area (Å²) in [5, 5.41) is 2.55. The van der Waals surface area contributed by atoms with Gasteiger partial charge in [-0.25, -0.2) is 0 Å². The van der Waals surface area contributed by atoms with Crippen molar-refractivity contribution in [2.75, 3.05) is 4.90 Å². The van der Waals surface area contributed by atoms with Gasteiger partial charge >= 0.3 is 0 Å². The molecule has 0 fully saturated rings. The Morgan fingerprint density at radius 1 is 0.263 bits per heavy atom. The molecule has 3 aliphatic carbocycles. The molecule has 0 amide bonds. The molecule has 13 aromatic rings. The number of benzene rings is 12. The second-order valence-corrected chi connectivity index (χ2v) is 21.0. The molecule has 0 radical (unpaired) electrons. The molecule has 12 aromatic carbocycles. The fourth-order valence-corrected chi connectivity index (χ4v) is 14.8. The smallest absolute Gasteiger partial charge is 0.0755 e. The van der Waals surface area contributed by atoms with Crippen LogP contribution in [0.15, 0.2) is 279 Å². The summed E-state index contributed by atoms with van der Waals surface area (Å²) in [5.74, 6) is 0. The Labute approximate surface area is 441 Å². The molecule has 0 saturated heterocycles. The number of nitrogens with zero attached hydrogens (tertiary/aromatic N) is 2. The molecule has 2 heterocycles. The third-order valence-corrected chi connectivity index (χ3v) is 17.6. The normalized spacial score (nSPS) is 15.3. The Bertz CT molecular complexity index is 4550. The van der Waals surface area contributed by atoms with Crippen molar-refractivity contribution >= 4 is 38.9 Å². The molecule has 1 aromatic heterocycles. The highest BCUT2D eigenvalue weighted by Gasteiger charge is 2.53. The quantitative estimate of drug-likeness (QED) is 0.167. The molecule has 1 unspecified atom stereocenters. The monoisotopic (exact) mass is 962 g/mol. The molecule has 2 nitrogen and oxygen atoms in total. The molecule has 2 heteroatoms. The van der Waals surface area contributed by atoms with E-state index in [0.717, 1.165) is 22.6 Å². The van der Waals surface area contributed by atoms with Crippen LogP contribution in [0.25, 0.3) is 83.1 Å². The number of para-hydroxylation sites is 4. The van der Waals surface area contributed by atoms with Gasteiger partial charge in [-0.15, -0.1) is 0 Å². The molecule has 4 aliphatic rings. The number of anilines is 3. The lowest BCUT2D eigenvalue weighted by Crippen LogP contribution is -2.33. The first-order valence-corrected chi connectivity index (χ1v) is 26.6. The molecular formula is C74H46N2. The van der Waals surface area contributed by atoms with Crippen LogP contribution in [-0.2, 0) is 10.8 Å². The summed E-state index contributed by atoms with van der Waals surface area (Å²) in [6.45, 7) is 0. The van der Waals surface area contributed by atoms with Gasteiger partial charge in [0.15, 0.2) is 0 Å². The third-order valence-electron chi connectivity index (χ3n) is 17.6. The van der Waals surface area contributed by atoms with E-state index in [9.17, 15) is 0 Å². The fourth-order valence-electron chi connectivity index (χ4n) is 14.8. The minimum absolute atomic E-state index is 0.507. The van der Waals surface area contributed by atoms with Gasteiger partial charge in [-0.1, -0.05) is 237 Å². The number of fused-ring (bicyclic) bond motifs is 22. The second-order valence-electron chi connectivity index (χ2n) is 21.0. The van der Waals surface area contributed by atoms with Crippen LogP contribution in [0.3, 0.4) is 0 Å². The summed E-state index contributed by atoms with van der Waals surface area (Å²) >= 11 is 0. The van der Waals surface area contributed by atoms with E-state index in [1.807, 2.05) is 0 Å². The minimum atomic E-state index is -0.617. The standard InChI is InChI=1S/C74H46N2/c1-2-21-47(22-3-1)50-23-4-5-24-51(50)58-29-10-17-38-69(58)75(48-41-43-56-54-27-8-14-34-63(54)73(67(56)45-48)61-32-12-6-25-52(61)53-26-7-13-33-62(53)73)49-42-44-57-55-28-9-15-35-64(55)74(68(57)46-49)65-36-16-19-40-71(65)76-70-39-18-11-30-59(70)60-31-20-37-66(74)72(60)76/h1-46H. The van der Waals surface area contributed by atoms with Crippen LogP contribution in [0, 0.1) is 0 Å². The Balaban J connectivity index is 0.974. The van der Waals surface area contributed by atoms with Gasteiger partial charge in [0.2, 0.25) is 0 Å². The SMILES string of the molecule is c1ccc(-c2ccccc2-c2ccccc2N(c2ccc3c(c2)C2(c4ccccc4-c4ccccc42)c2ccccc2-3)c2ccc3c(c2)C2(c4ccccc4-3)c3ccccc3-n3c4ccccc4c4cccc2c43)cc1. The van der Waals surface area contributed by atoms with Crippen molar-refractivity contribution in [2.24, 2.45) is 0 Å². The molecule has 0 saturated carbocycles. The van der Waals surface area contributed by atoms with Gasteiger partial charge in [0.05, 0.1) is 33.2 Å². The largest absolute Gasteiger partial charge is 0.310 e. The highest BCUT2D eigenvalue weighted by Crippen LogP contribution is 2.65. The number of aromatic nitrogens is 1. The first-order chi connectivity index (χ1) is 37.7. The maximum atomic E-state index is 2.57.